The van der Waals surface area contributed by atoms with Gasteiger partial charge in [0.2, 0.25) is 5.91 Å². The van der Waals surface area contributed by atoms with Crippen LogP contribution in [-0.2, 0) is 4.79 Å². The van der Waals surface area contributed by atoms with Gasteiger partial charge in [0.05, 0.1) is 5.92 Å². The van der Waals surface area contributed by atoms with E-state index in [-0.39, 0.29) is 11.8 Å². The van der Waals surface area contributed by atoms with Gasteiger partial charge >= 0.3 is 0 Å². The molecule has 0 bridgehead atoms. The highest BCUT2D eigenvalue weighted by Crippen LogP contribution is 2.17. The van der Waals surface area contributed by atoms with E-state index in [1.165, 1.54) is 25.9 Å². The minimum absolute atomic E-state index is 0.182. The van der Waals surface area contributed by atoms with Gasteiger partial charge in [-0.05, 0) is 51.6 Å². The first-order valence-electron chi connectivity index (χ1n) is 7.89. The molecule has 2 aliphatic rings. The number of carbonyl (C=O) groups excluding carboxylic acids is 1. The number of nitrogens with one attached hydrogen (secondary N) is 2. The third-order valence-corrected chi connectivity index (χ3v) is 4.55. The molecule has 0 radical (unpaired) electrons. The second-order valence-corrected chi connectivity index (χ2v) is 6.38. The normalized spacial score (nSPS) is 30.8. The number of carbonyl (C=O) groups is 1. The third kappa shape index (κ3) is 4.46. The summed E-state index contributed by atoms with van der Waals surface area (Å²) in [6.45, 7) is 9.63. The van der Waals surface area contributed by atoms with Gasteiger partial charge in [-0.15, -0.1) is 0 Å². The van der Waals surface area contributed by atoms with E-state index >= 15 is 0 Å². The lowest BCUT2D eigenvalue weighted by Gasteiger charge is -2.35. The van der Waals surface area contributed by atoms with Crippen molar-refractivity contribution in [2.45, 2.75) is 45.6 Å². The maximum atomic E-state index is 12.1. The molecule has 0 aromatic heterocycles. The Bertz CT molecular complexity index is 289. The maximum Gasteiger partial charge on any atom is 0.224 e. The minimum atomic E-state index is 0.182. The predicted molar refractivity (Wildman–Crippen MR) is 78.0 cm³/mol. The molecule has 0 aromatic rings. The molecule has 3 unspecified atom stereocenters. The van der Waals surface area contributed by atoms with E-state index in [1.807, 2.05) is 0 Å². The van der Waals surface area contributed by atoms with Crippen molar-refractivity contribution in [3.63, 3.8) is 0 Å². The van der Waals surface area contributed by atoms with E-state index in [0.29, 0.717) is 6.04 Å². The van der Waals surface area contributed by atoms with Crippen LogP contribution in [-0.4, -0.2) is 49.6 Å². The molecule has 2 fully saturated rings. The largest absolute Gasteiger partial charge is 0.354 e. The van der Waals surface area contributed by atoms with Crippen LogP contribution in [0.4, 0.5) is 0 Å². The molecule has 2 saturated heterocycles. The molecule has 0 aromatic carbocycles. The summed E-state index contributed by atoms with van der Waals surface area (Å²) in [6.07, 6.45) is 4.81. The zero-order valence-corrected chi connectivity index (χ0v) is 12.5. The average molecular weight is 267 g/mol. The highest BCUT2D eigenvalue weighted by molar-refractivity contribution is 5.79. The number of hydrogen-bond donors (Lipinski definition) is 2. The minimum Gasteiger partial charge on any atom is -0.354 e. The van der Waals surface area contributed by atoms with Crippen LogP contribution < -0.4 is 10.6 Å². The van der Waals surface area contributed by atoms with Crippen molar-refractivity contribution in [3.05, 3.63) is 0 Å². The van der Waals surface area contributed by atoms with Crippen molar-refractivity contribution in [1.29, 1.82) is 0 Å². The van der Waals surface area contributed by atoms with Crippen molar-refractivity contribution in [2.24, 2.45) is 11.8 Å². The topological polar surface area (TPSA) is 44.4 Å². The lowest BCUT2D eigenvalue weighted by molar-refractivity contribution is -0.125. The van der Waals surface area contributed by atoms with E-state index in [0.717, 1.165) is 38.4 Å². The van der Waals surface area contributed by atoms with Crippen LogP contribution in [0.25, 0.3) is 0 Å². The second kappa shape index (κ2) is 7.25. The Morgan fingerprint density at radius 2 is 2.26 bits per heavy atom. The summed E-state index contributed by atoms with van der Waals surface area (Å²) >= 11 is 0. The SMILES string of the molecule is CC1CCCN(C(C)CNC(=O)C2CCCNC2)C1. The summed E-state index contributed by atoms with van der Waals surface area (Å²) in [7, 11) is 0. The molecule has 0 aliphatic carbocycles. The molecule has 2 rings (SSSR count). The number of nitrogens with zero attached hydrogens (tertiary/aromatic N) is 1. The van der Waals surface area contributed by atoms with Crippen LogP contribution >= 0.6 is 0 Å². The summed E-state index contributed by atoms with van der Waals surface area (Å²) < 4.78 is 0. The van der Waals surface area contributed by atoms with Gasteiger partial charge in [0.1, 0.15) is 0 Å². The summed E-state index contributed by atoms with van der Waals surface area (Å²) in [5.41, 5.74) is 0. The Morgan fingerprint density at radius 3 is 2.95 bits per heavy atom. The molecule has 1 amide bonds. The number of hydrogen-bond acceptors (Lipinski definition) is 3. The van der Waals surface area contributed by atoms with Gasteiger partial charge in [-0.1, -0.05) is 6.92 Å². The van der Waals surface area contributed by atoms with E-state index in [1.54, 1.807) is 0 Å². The third-order valence-electron chi connectivity index (χ3n) is 4.55. The molecule has 4 heteroatoms. The molecule has 0 saturated carbocycles. The Balaban J connectivity index is 1.70. The molecule has 0 spiro atoms. The monoisotopic (exact) mass is 267 g/mol. The van der Waals surface area contributed by atoms with Crippen molar-refractivity contribution in [2.75, 3.05) is 32.7 Å². The number of piperidine rings is 2. The highest BCUT2D eigenvalue weighted by atomic mass is 16.1. The van der Waals surface area contributed by atoms with Crippen LogP contribution in [0, 0.1) is 11.8 Å². The van der Waals surface area contributed by atoms with Crippen LogP contribution in [0.1, 0.15) is 39.5 Å². The first-order chi connectivity index (χ1) is 9.16. The fourth-order valence-corrected chi connectivity index (χ4v) is 3.22. The van der Waals surface area contributed by atoms with Crippen molar-refractivity contribution in [3.8, 4) is 0 Å². The summed E-state index contributed by atoms with van der Waals surface area (Å²) in [5, 5.41) is 6.44. The van der Waals surface area contributed by atoms with Crippen molar-refractivity contribution in [1.82, 2.24) is 15.5 Å². The lowest BCUT2D eigenvalue weighted by Crippen LogP contribution is -2.48. The molecule has 19 heavy (non-hydrogen) atoms. The summed E-state index contributed by atoms with van der Waals surface area (Å²) in [4.78, 5) is 14.6. The lowest BCUT2D eigenvalue weighted by atomic mass is 9.98. The van der Waals surface area contributed by atoms with Crippen molar-refractivity contribution >= 4 is 5.91 Å². The Kier molecular flexibility index (Phi) is 5.64. The summed E-state index contributed by atoms with van der Waals surface area (Å²) in [5.74, 6) is 1.22. The second-order valence-electron chi connectivity index (χ2n) is 6.38. The van der Waals surface area contributed by atoms with Gasteiger partial charge in [0, 0.05) is 25.7 Å². The van der Waals surface area contributed by atoms with Crippen LogP contribution in [0.5, 0.6) is 0 Å². The van der Waals surface area contributed by atoms with Gasteiger partial charge in [-0.2, -0.15) is 0 Å². The van der Waals surface area contributed by atoms with Crippen LogP contribution in [0.15, 0.2) is 0 Å². The smallest absolute Gasteiger partial charge is 0.224 e. The van der Waals surface area contributed by atoms with Crippen LogP contribution in [0.2, 0.25) is 0 Å². The van der Waals surface area contributed by atoms with Gasteiger partial charge in [0.15, 0.2) is 0 Å². The van der Waals surface area contributed by atoms with Gasteiger partial charge in [-0.3, -0.25) is 9.69 Å². The standard InChI is InChI=1S/C15H29N3O/c1-12-5-4-8-18(11-12)13(2)9-17-15(19)14-6-3-7-16-10-14/h12-14,16H,3-11H2,1-2H3,(H,17,19). The average Bonchev–Trinajstić information content (AvgIpc) is 2.45. The number of rotatable bonds is 4. The van der Waals surface area contributed by atoms with E-state index in [9.17, 15) is 4.79 Å². The molecule has 4 nitrogen and oxygen atoms in total. The number of likely N-dealkylation sites (tertiary alicyclic amines) is 1. The molecular weight excluding hydrogens is 238 g/mol. The first-order valence-corrected chi connectivity index (χ1v) is 7.89. The van der Waals surface area contributed by atoms with E-state index in [4.69, 9.17) is 0 Å². The molecule has 110 valence electrons. The Labute approximate surface area is 117 Å². The van der Waals surface area contributed by atoms with E-state index < -0.39 is 0 Å². The maximum absolute atomic E-state index is 12.1. The molecule has 2 heterocycles. The van der Waals surface area contributed by atoms with Crippen LogP contribution in [0.3, 0.4) is 0 Å². The molecule has 2 N–H and O–H groups in total. The fraction of sp³-hybridized carbons (Fsp3) is 0.933. The highest BCUT2D eigenvalue weighted by Gasteiger charge is 2.24. The Morgan fingerprint density at radius 1 is 1.42 bits per heavy atom. The molecular formula is C15H29N3O. The molecule has 2 aliphatic heterocycles. The number of amides is 1. The van der Waals surface area contributed by atoms with Crippen molar-refractivity contribution < 1.29 is 4.79 Å². The Hall–Kier alpha value is -0.610. The quantitative estimate of drug-likeness (QED) is 0.805. The zero-order chi connectivity index (χ0) is 13.7. The van der Waals surface area contributed by atoms with Gasteiger partial charge in [0.25, 0.3) is 0 Å². The molecule has 3 atom stereocenters. The zero-order valence-electron chi connectivity index (χ0n) is 12.5. The predicted octanol–water partition coefficient (Wildman–Crippen LogP) is 1.22. The summed E-state index contributed by atoms with van der Waals surface area (Å²) in [6, 6.07) is 0.461. The first kappa shape index (κ1) is 14.8. The van der Waals surface area contributed by atoms with Gasteiger partial charge < -0.3 is 10.6 Å². The van der Waals surface area contributed by atoms with Gasteiger partial charge in [-0.25, -0.2) is 0 Å². The fourth-order valence-electron chi connectivity index (χ4n) is 3.22. The van der Waals surface area contributed by atoms with E-state index in [2.05, 4.69) is 29.4 Å².